The van der Waals surface area contributed by atoms with Gasteiger partial charge in [0.2, 0.25) is 0 Å². The second-order valence-corrected chi connectivity index (χ2v) is 4.13. The standard InChI is InChI=1S/C13H11FN2O2S/c14-10-4-1-3-9(7-10)12(17)16-13(19)15-8-11-5-2-6-18-11/h1-7H,8H2,(H2,15,16,17,19). The maximum atomic E-state index is 13.0. The van der Waals surface area contributed by atoms with E-state index in [0.717, 1.165) is 6.07 Å². The summed E-state index contributed by atoms with van der Waals surface area (Å²) in [6.45, 7) is 0.370. The summed E-state index contributed by atoms with van der Waals surface area (Å²) < 4.78 is 18.1. The van der Waals surface area contributed by atoms with Gasteiger partial charge in [-0.2, -0.15) is 0 Å². The predicted octanol–water partition coefficient (Wildman–Crippen LogP) is 2.22. The lowest BCUT2D eigenvalue weighted by Crippen LogP contribution is -2.38. The second-order valence-electron chi connectivity index (χ2n) is 3.73. The van der Waals surface area contributed by atoms with E-state index in [-0.39, 0.29) is 10.7 Å². The van der Waals surface area contributed by atoms with E-state index >= 15 is 0 Å². The molecule has 0 bridgehead atoms. The number of halogens is 1. The molecule has 0 unspecified atom stereocenters. The molecule has 0 saturated heterocycles. The number of hydrogen-bond acceptors (Lipinski definition) is 3. The van der Waals surface area contributed by atoms with Crippen LogP contribution in [-0.2, 0) is 6.54 Å². The molecule has 0 fully saturated rings. The lowest BCUT2D eigenvalue weighted by Gasteiger charge is -2.08. The zero-order chi connectivity index (χ0) is 13.7. The number of benzene rings is 1. The third-order valence-corrected chi connectivity index (χ3v) is 2.56. The molecule has 0 aliphatic carbocycles. The Hall–Kier alpha value is -2.21. The maximum absolute atomic E-state index is 13.0. The minimum Gasteiger partial charge on any atom is -0.467 e. The number of furan rings is 1. The molecule has 2 N–H and O–H groups in total. The van der Waals surface area contributed by atoms with Gasteiger partial charge < -0.3 is 9.73 Å². The number of carbonyl (C=O) groups is 1. The van der Waals surface area contributed by atoms with E-state index in [2.05, 4.69) is 10.6 Å². The van der Waals surface area contributed by atoms with Crippen molar-refractivity contribution in [3.8, 4) is 0 Å². The molecule has 0 radical (unpaired) electrons. The van der Waals surface area contributed by atoms with E-state index in [1.165, 1.54) is 18.2 Å². The van der Waals surface area contributed by atoms with Gasteiger partial charge in [-0.1, -0.05) is 6.07 Å². The first-order chi connectivity index (χ1) is 9.15. The summed E-state index contributed by atoms with van der Waals surface area (Å²) in [4.78, 5) is 11.7. The van der Waals surface area contributed by atoms with Crippen LogP contribution in [0.3, 0.4) is 0 Å². The SMILES string of the molecule is O=C(NC(=S)NCc1ccco1)c1cccc(F)c1. The zero-order valence-electron chi connectivity index (χ0n) is 9.85. The van der Waals surface area contributed by atoms with Crippen molar-refractivity contribution in [1.82, 2.24) is 10.6 Å². The first-order valence-electron chi connectivity index (χ1n) is 5.52. The molecule has 0 aliphatic heterocycles. The van der Waals surface area contributed by atoms with Gasteiger partial charge >= 0.3 is 0 Å². The van der Waals surface area contributed by atoms with Crippen molar-refractivity contribution in [1.29, 1.82) is 0 Å². The zero-order valence-corrected chi connectivity index (χ0v) is 10.7. The number of rotatable bonds is 3. The van der Waals surface area contributed by atoms with Gasteiger partial charge in [0, 0.05) is 5.56 Å². The Balaban J connectivity index is 1.86. The van der Waals surface area contributed by atoms with Gasteiger partial charge in [-0.15, -0.1) is 0 Å². The third kappa shape index (κ3) is 3.89. The average molecular weight is 278 g/mol. The fourth-order valence-corrected chi connectivity index (χ4v) is 1.59. The molecule has 1 aromatic carbocycles. The molecule has 2 aromatic rings. The van der Waals surface area contributed by atoms with E-state index in [4.69, 9.17) is 16.6 Å². The Kier molecular flexibility index (Phi) is 4.25. The van der Waals surface area contributed by atoms with Crippen LogP contribution in [0.25, 0.3) is 0 Å². The first-order valence-corrected chi connectivity index (χ1v) is 5.93. The van der Waals surface area contributed by atoms with Gasteiger partial charge in [-0.05, 0) is 42.5 Å². The summed E-state index contributed by atoms with van der Waals surface area (Å²) >= 11 is 4.96. The van der Waals surface area contributed by atoms with Crippen molar-refractivity contribution in [3.05, 3.63) is 59.8 Å². The molecule has 1 heterocycles. The largest absolute Gasteiger partial charge is 0.467 e. The Morgan fingerprint density at radius 1 is 1.32 bits per heavy atom. The van der Waals surface area contributed by atoms with Crippen molar-refractivity contribution in [2.45, 2.75) is 6.54 Å². The van der Waals surface area contributed by atoms with E-state index < -0.39 is 11.7 Å². The van der Waals surface area contributed by atoms with Crippen LogP contribution >= 0.6 is 12.2 Å². The van der Waals surface area contributed by atoms with Gasteiger partial charge in [0.05, 0.1) is 12.8 Å². The van der Waals surface area contributed by atoms with Crippen LogP contribution in [0.5, 0.6) is 0 Å². The molecule has 0 atom stereocenters. The lowest BCUT2D eigenvalue weighted by atomic mass is 10.2. The molecule has 1 aromatic heterocycles. The number of hydrogen-bond donors (Lipinski definition) is 2. The van der Waals surface area contributed by atoms with Crippen molar-refractivity contribution < 1.29 is 13.6 Å². The van der Waals surface area contributed by atoms with Crippen LogP contribution in [0.15, 0.2) is 47.1 Å². The van der Waals surface area contributed by atoms with E-state index in [1.54, 1.807) is 18.4 Å². The Morgan fingerprint density at radius 2 is 2.16 bits per heavy atom. The summed E-state index contributed by atoms with van der Waals surface area (Å²) in [5.41, 5.74) is 0.210. The molecule has 6 heteroatoms. The van der Waals surface area contributed by atoms with E-state index in [1.807, 2.05) is 0 Å². The van der Waals surface area contributed by atoms with Crippen LogP contribution in [0.4, 0.5) is 4.39 Å². The van der Waals surface area contributed by atoms with Gasteiger partial charge in [-0.25, -0.2) is 4.39 Å². The smallest absolute Gasteiger partial charge is 0.257 e. The van der Waals surface area contributed by atoms with Crippen LogP contribution in [0.1, 0.15) is 16.1 Å². The van der Waals surface area contributed by atoms with Gasteiger partial charge in [0.25, 0.3) is 5.91 Å². The Bertz CT molecular complexity index is 584. The maximum Gasteiger partial charge on any atom is 0.257 e. The molecular weight excluding hydrogens is 267 g/mol. The third-order valence-electron chi connectivity index (χ3n) is 2.32. The number of thiocarbonyl (C=S) groups is 1. The molecular formula is C13H11FN2O2S. The summed E-state index contributed by atoms with van der Waals surface area (Å²) in [5, 5.41) is 5.43. The van der Waals surface area contributed by atoms with Gasteiger partial charge in [-0.3, -0.25) is 10.1 Å². The fraction of sp³-hybridized carbons (Fsp3) is 0.0769. The number of nitrogens with one attached hydrogen (secondary N) is 2. The highest BCUT2D eigenvalue weighted by Crippen LogP contribution is 2.03. The molecule has 4 nitrogen and oxygen atoms in total. The van der Waals surface area contributed by atoms with Crippen molar-refractivity contribution >= 4 is 23.2 Å². The van der Waals surface area contributed by atoms with Crippen LogP contribution < -0.4 is 10.6 Å². The topological polar surface area (TPSA) is 54.3 Å². The summed E-state index contributed by atoms with van der Waals surface area (Å²) in [5.74, 6) is -0.235. The van der Waals surface area contributed by atoms with Crippen molar-refractivity contribution in [3.63, 3.8) is 0 Å². The number of carbonyl (C=O) groups excluding carboxylic acids is 1. The molecule has 0 aliphatic rings. The Labute approximate surface area is 114 Å². The van der Waals surface area contributed by atoms with E-state index in [0.29, 0.717) is 12.3 Å². The second kappa shape index (κ2) is 6.10. The number of amides is 1. The fourth-order valence-electron chi connectivity index (χ4n) is 1.43. The molecule has 0 spiro atoms. The molecule has 2 rings (SSSR count). The normalized spacial score (nSPS) is 9.95. The predicted molar refractivity (Wildman–Crippen MR) is 72.0 cm³/mol. The van der Waals surface area contributed by atoms with E-state index in [9.17, 15) is 9.18 Å². The Morgan fingerprint density at radius 3 is 2.84 bits per heavy atom. The highest BCUT2D eigenvalue weighted by atomic mass is 32.1. The highest BCUT2D eigenvalue weighted by Gasteiger charge is 2.08. The minimum absolute atomic E-state index is 0.158. The average Bonchev–Trinajstić information content (AvgIpc) is 2.89. The first kappa shape index (κ1) is 13.2. The molecule has 98 valence electrons. The summed E-state index contributed by atoms with van der Waals surface area (Å²) in [7, 11) is 0. The van der Waals surface area contributed by atoms with Crippen LogP contribution in [-0.4, -0.2) is 11.0 Å². The van der Waals surface area contributed by atoms with Crippen LogP contribution in [0.2, 0.25) is 0 Å². The van der Waals surface area contributed by atoms with Crippen LogP contribution in [0, 0.1) is 5.82 Å². The molecule has 0 saturated carbocycles. The monoisotopic (exact) mass is 278 g/mol. The summed E-state index contributed by atoms with van der Waals surface area (Å²) in [6.07, 6.45) is 1.55. The van der Waals surface area contributed by atoms with Gasteiger partial charge in [0.15, 0.2) is 5.11 Å². The molecule has 19 heavy (non-hydrogen) atoms. The van der Waals surface area contributed by atoms with Gasteiger partial charge in [0.1, 0.15) is 11.6 Å². The lowest BCUT2D eigenvalue weighted by molar-refractivity contribution is 0.0976. The summed E-state index contributed by atoms with van der Waals surface area (Å²) in [6, 6.07) is 8.92. The van der Waals surface area contributed by atoms with Crippen molar-refractivity contribution in [2.24, 2.45) is 0 Å². The minimum atomic E-state index is -0.470. The highest BCUT2D eigenvalue weighted by molar-refractivity contribution is 7.80. The molecule has 1 amide bonds. The van der Waals surface area contributed by atoms with Crippen molar-refractivity contribution in [2.75, 3.05) is 0 Å². The quantitative estimate of drug-likeness (QED) is 0.845.